The van der Waals surface area contributed by atoms with E-state index in [2.05, 4.69) is 28.6 Å². The van der Waals surface area contributed by atoms with Crippen molar-refractivity contribution in [1.82, 2.24) is 14.9 Å². The van der Waals surface area contributed by atoms with Gasteiger partial charge in [-0.15, -0.1) is 6.58 Å². The largest absolute Gasteiger partial charge is 0.497 e. The number of carbonyl (C=O) groups is 1. The Morgan fingerprint density at radius 1 is 1.06 bits per heavy atom. The number of methoxy groups -OCH3 is 1. The third-order valence-electron chi connectivity index (χ3n) is 5.61. The van der Waals surface area contributed by atoms with Crippen molar-refractivity contribution in [3.05, 3.63) is 102 Å². The lowest BCUT2D eigenvalue weighted by atomic mass is 10.1. The molecule has 0 aliphatic heterocycles. The van der Waals surface area contributed by atoms with Crippen LogP contribution in [-0.2, 0) is 19.5 Å². The average molecular weight is 456 g/mol. The van der Waals surface area contributed by atoms with Crippen molar-refractivity contribution in [3.63, 3.8) is 0 Å². The summed E-state index contributed by atoms with van der Waals surface area (Å²) in [5, 5.41) is 2.99. The van der Waals surface area contributed by atoms with Crippen LogP contribution in [0.3, 0.4) is 0 Å². The molecule has 6 heteroatoms. The number of aryl methyl sites for hydroxylation is 1. The van der Waals surface area contributed by atoms with Gasteiger partial charge in [-0.1, -0.05) is 36.4 Å². The van der Waals surface area contributed by atoms with Crippen LogP contribution in [0.15, 0.2) is 85.5 Å². The molecule has 0 spiro atoms. The van der Waals surface area contributed by atoms with Crippen molar-refractivity contribution < 1.29 is 14.3 Å². The second-order valence-electron chi connectivity index (χ2n) is 7.88. The number of hydrogen-bond donors (Lipinski definition) is 1. The summed E-state index contributed by atoms with van der Waals surface area (Å²) in [4.78, 5) is 17.4. The third-order valence-corrected chi connectivity index (χ3v) is 5.61. The van der Waals surface area contributed by atoms with Crippen LogP contribution in [0.25, 0.3) is 11.0 Å². The van der Waals surface area contributed by atoms with Gasteiger partial charge in [0.25, 0.3) is 5.91 Å². The fourth-order valence-electron chi connectivity index (χ4n) is 3.89. The number of imidazole rings is 1. The number of ether oxygens (including phenoxy) is 2. The lowest BCUT2D eigenvalue weighted by molar-refractivity contribution is 0.0949. The van der Waals surface area contributed by atoms with Gasteiger partial charge in [-0.05, 0) is 60.9 Å². The first-order valence-electron chi connectivity index (χ1n) is 11.4. The van der Waals surface area contributed by atoms with Crippen LogP contribution >= 0.6 is 0 Å². The number of para-hydroxylation sites is 3. The van der Waals surface area contributed by atoms with Gasteiger partial charge < -0.3 is 19.4 Å². The van der Waals surface area contributed by atoms with E-state index in [4.69, 9.17) is 14.5 Å². The van der Waals surface area contributed by atoms with E-state index in [1.54, 1.807) is 31.4 Å². The number of allylic oxidation sites excluding steroid dienone is 1. The Morgan fingerprint density at radius 3 is 2.62 bits per heavy atom. The Balaban J connectivity index is 1.42. The number of amides is 1. The van der Waals surface area contributed by atoms with Crippen molar-refractivity contribution in [2.75, 3.05) is 13.7 Å². The number of hydrogen-bond acceptors (Lipinski definition) is 4. The maximum Gasteiger partial charge on any atom is 0.251 e. The summed E-state index contributed by atoms with van der Waals surface area (Å²) in [6.45, 7) is 5.47. The van der Waals surface area contributed by atoms with Crippen LogP contribution in [0.4, 0.5) is 0 Å². The minimum absolute atomic E-state index is 0.150. The zero-order valence-corrected chi connectivity index (χ0v) is 19.4. The lowest BCUT2D eigenvalue weighted by Crippen LogP contribution is -2.25. The summed E-state index contributed by atoms with van der Waals surface area (Å²) < 4.78 is 13.4. The van der Waals surface area contributed by atoms with E-state index in [0.29, 0.717) is 24.5 Å². The number of rotatable bonds is 11. The highest BCUT2D eigenvalue weighted by molar-refractivity contribution is 5.94. The maximum atomic E-state index is 12.6. The van der Waals surface area contributed by atoms with Gasteiger partial charge >= 0.3 is 0 Å². The minimum Gasteiger partial charge on any atom is -0.497 e. The smallest absolute Gasteiger partial charge is 0.251 e. The first-order chi connectivity index (χ1) is 16.7. The highest BCUT2D eigenvalue weighted by Crippen LogP contribution is 2.20. The van der Waals surface area contributed by atoms with Gasteiger partial charge in [0.1, 0.15) is 17.3 Å². The van der Waals surface area contributed by atoms with Crippen LogP contribution in [0, 0.1) is 0 Å². The Morgan fingerprint density at radius 2 is 1.82 bits per heavy atom. The van der Waals surface area contributed by atoms with Crippen LogP contribution < -0.4 is 14.8 Å². The van der Waals surface area contributed by atoms with Gasteiger partial charge in [-0.2, -0.15) is 0 Å². The topological polar surface area (TPSA) is 65.4 Å². The molecular weight excluding hydrogens is 426 g/mol. The molecule has 0 unspecified atom stereocenters. The number of nitrogens with zero attached hydrogens (tertiary/aromatic N) is 2. The normalized spacial score (nSPS) is 10.7. The number of aromatic nitrogens is 2. The van der Waals surface area contributed by atoms with Gasteiger partial charge in [0, 0.05) is 12.1 Å². The molecule has 1 aromatic heterocycles. The first-order valence-corrected chi connectivity index (χ1v) is 11.4. The monoisotopic (exact) mass is 455 g/mol. The quantitative estimate of drug-likeness (QED) is 0.250. The molecule has 174 valence electrons. The Hall–Kier alpha value is -4.06. The van der Waals surface area contributed by atoms with Gasteiger partial charge in [0.05, 0.1) is 31.3 Å². The molecule has 1 N–H and O–H groups in total. The fourth-order valence-corrected chi connectivity index (χ4v) is 3.89. The second kappa shape index (κ2) is 11.2. The van der Waals surface area contributed by atoms with E-state index in [9.17, 15) is 4.79 Å². The molecule has 0 fully saturated rings. The molecular formula is C28H29N3O3. The molecule has 0 saturated heterocycles. The van der Waals surface area contributed by atoms with Crippen molar-refractivity contribution in [1.29, 1.82) is 0 Å². The number of benzene rings is 3. The van der Waals surface area contributed by atoms with Crippen molar-refractivity contribution in [3.8, 4) is 11.5 Å². The zero-order valence-electron chi connectivity index (χ0n) is 19.4. The average Bonchev–Trinajstić information content (AvgIpc) is 3.23. The molecule has 0 aliphatic rings. The SMILES string of the molecule is C=CCc1ccccc1OCCCn1c(CNC(=O)c2ccc(OC)cc2)nc2ccccc21. The number of carbonyl (C=O) groups excluding carboxylic acids is 1. The Labute approximate surface area is 199 Å². The van der Waals surface area contributed by atoms with Crippen molar-refractivity contribution >= 4 is 16.9 Å². The molecule has 0 radical (unpaired) electrons. The van der Waals surface area contributed by atoms with E-state index in [-0.39, 0.29) is 5.91 Å². The molecule has 4 rings (SSSR count). The molecule has 1 amide bonds. The molecule has 0 aliphatic carbocycles. The summed E-state index contributed by atoms with van der Waals surface area (Å²) in [6.07, 6.45) is 3.47. The molecule has 3 aromatic carbocycles. The zero-order chi connectivity index (χ0) is 23.8. The van der Waals surface area contributed by atoms with Gasteiger partial charge in [0.15, 0.2) is 0 Å². The fraction of sp³-hybridized carbons (Fsp3) is 0.214. The molecule has 34 heavy (non-hydrogen) atoms. The molecule has 0 saturated carbocycles. The molecule has 4 aromatic rings. The van der Waals surface area contributed by atoms with Crippen LogP contribution in [0.5, 0.6) is 11.5 Å². The second-order valence-corrected chi connectivity index (χ2v) is 7.88. The van der Waals surface area contributed by atoms with Crippen molar-refractivity contribution in [2.45, 2.75) is 25.9 Å². The standard InChI is InChI=1S/C28H29N3O3/c1-3-9-21-10-4-7-13-26(21)34-19-8-18-31-25-12-6-5-11-24(25)30-27(31)20-29-28(32)22-14-16-23(33-2)17-15-22/h3-7,10-17H,1,8-9,18-20H2,2H3,(H,29,32). The van der Waals surface area contributed by atoms with E-state index >= 15 is 0 Å². The number of nitrogens with one attached hydrogen (secondary N) is 1. The lowest BCUT2D eigenvalue weighted by Gasteiger charge is -2.13. The Bertz CT molecular complexity index is 1260. The van der Waals surface area contributed by atoms with E-state index < -0.39 is 0 Å². The highest BCUT2D eigenvalue weighted by Gasteiger charge is 2.13. The predicted molar refractivity (Wildman–Crippen MR) is 134 cm³/mol. The summed E-state index contributed by atoms with van der Waals surface area (Å²) in [7, 11) is 1.60. The molecule has 6 nitrogen and oxygen atoms in total. The van der Waals surface area contributed by atoms with E-state index in [1.165, 1.54) is 0 Å². The first kappa shape index (κ1) is 23.1. The summed E-state index contributed by atoms with van der Waals surface area (Å²) in [6, 6.07) is 23.1. The number of fused-ring (bicyclic) bond motifs is 1. The van der Waals surface area contributed by atoms with Crippen LogP contribution in [-0.4, -0.2) is 29.2 Å². The van der Waals surface area contributed by atoms with Gasteiger partial charge in [0.2, 0.25) is 0 Å². The van der Waals surface area contributed by atoms with Crippen molar-refractivity contribution in [2.24, 2.45) is 0 Å². The third kappa shape index (κ3) is 5.46. The summed E-state index contributed by atoms with van der Waals surface area (Å²) >= 11 is 0. The van der Waals surface area contributed by atoms with Gasteiger partial charge in [-0.3, -0.25) is 4.79 Å². The molecule has 1 heterocycles. The predicted octanol–water partition coefficient (Wildman–Crippen LogP) is 5.17. The maximum absolute atomic E-state index is 12.6. The van der Waals surface area contributed by atoms with E-state index in [0.717, 1.165) is 47.6 Å². The van der Waals surface area contributed by atoms with Gasteiger partial charge in [-0.25, -0.2) is 4.98 Å². The summed E-state index contributed by atoms with van der Waals surface area (Å²) in [5.41, 5.74) is 3.67. The minimum atomic E-state index is -0.150. The van der Waals surface area contributed by atoms with E-state index in [1.807, 2.05) is 42.5 Å². The Kier molecular flexibility index (Phi) is 7.60. The van der Waals surface area contributed by atoms with Crippen LogP contribution in [0.2, 0.25) is 0 Å². The highest BCUT2D eigenvalue weighted by atomic mass is 16.5. The molecule has 0 bridgehead atoms. The summed E-state index contributed by atoms with van der Waals surface area (Å²) in [5.74, 6) is 2.27. The molecule has 0 atom stereocenters. The van der Waals surface area contributed by atoms with Crippen LogP contribution in [0.1, 0.15) is 28.2 Å².